The number of ether oxygens (including phenoxy) is 1. The summed E-state index contributed by atoms with van der Waals surface area (Å²) in [5, 5.41) is 5.93. The van der Waals surface area contributed by atoms with Crippen LogP contribution in [0.1, 0.15) is 6.42 Å². The molecule has 0 aromatic carbocycles. The van der Waals surface area contributed by atoms with Crippen molar-refractivity contribution in [1.29, 1.82) is 0 Å². The lowest BCUT2D eigenvalue weighted by atomic mass is 10.0. The number of alkyl halides is 1. The van der Waals surface area contributed by atoms with Gasteiger partial charge < -0.3 is 4.74 Å². The van der Waals surface area contributed by atoms with Crippen molar-refractivity contribution < 1.29 is 9.13 Å². The van der Waals surface area contributed by atoms with Crippen molar-refractivity contribution in [1.82, 2.24) is 19.7 Å². The van der Waals surface area contributed by atoms with Gasteiger partial charge in [0.25, 0.3) is 0 Å². The Hall–Kier alpha value is -1.24. The van der Waals surface area contributed by atoms with E-state index < -0.39 is 5.67 Å². The number of hydrogen-bond donors (Lipinski definition) is 0. The molecule has 5 nitrogen and oxygen atoms in total. The summed E-state index contributed by atoms with van der Waals surface area (Å²) in [6, 6.07) is 3.70. The molecule has 0 radical (unpaired) electrons. The first-order chi connectivity index (χ1) is 10.6. The van der Waals surface area contributed by atoms with E-state index in [0.29, 0.717) is 23.3 Å². The fraction of sp³-hybridized carbons (Fsp3) is 0.600. The molecule has 0 saturated carbocycles. The van der Waals surface area contributed by atoms with Crippen LogP contribution in [-0.4, -0.2) is 58.2 Å². The molecular weight excluding hydrogens is 307 g/mol. The lowest BCUT2D eigenvalue weighted by molar-refractivity contribution is -0.139. The number of halogens is 2. The van der Waals surface area contributed by atoms with Crippen LogP contribution in [0.2, 0.25) is 5.15 Å². The Kier molecular flexibility index (Phi) is 3.55. The number of fused-ring (bicyclic) bond motifs is 1. The molecule has 118 valence electrons. The zero-order valence-electron chi connectivity index (χ0n) is 12.2. The van der Waals surface area contributed by atoms with Gasteiger partial charge in [-0.25, -0.2) is 9.37 Å². The molecule has 0 bridgehead atoms. The van der Waals surface area contributed by atoms with Crippen LogP contribution in [0.25, 0.3) is 11.0 Å². The molecule has 4 rings (SSSR count). The largest absolute Gasteiger partial charge is 0.375 e. The Morgan fingerprint density at radius 1 is 1.41 bits per heavy atom. The van der Waals surface area contributed by atoms with Crippen LogP contribution in [0.15, 0.2) is 18.3 Å². The predicted molar refractivity (Wildman–Crippen MR) is 81.7 cm³/mol. The Bertz CT molecular complexity index is 687. The quantitative estimate of drug-likeness (QED) is 0.808. The summed E-state index contributed by atoms with van der Waals surface area (Å²) < 4.78 is 21.0. The third-order valence-electron chi connectivity index (χ3n) is 4.43. The second-order valence-corrected chi connectivity index (χ2v) is 6.82. The molecule has 4 heterocycles. The molecule has 2 aromatic heterocycles. The third-order valence-corrected chi connectivity index (χ3v) is 4.64. The zero-order chi connectivity index (χ0) is 15.2. The highest BCUT2D eigenvalue weighted by Gasteiger charge is 2.41. The molecule has 2 fully saturated rings. The van der Waals surface area contributed by atoms with E-state index in [1.807, 2.05) is 16.9 Å². The van der Waals surface area contributed by atoms with E-state index in [-0.39, 0.29) is 13.2 Å². The SMILES string of the molecule is FC1(CN2CC[C@H](Cn3cc4ccc(Cl)nc4n3)C2)COC1. The van der Waals surface area contributed by atoms with Crippen molar-refractivity contribution in [2.75, 3.05) is 32.8 Å². The number of likely N-dealkylation sites (tertiary alicyclic amines) is 1. The Morgan fingerprint density at radius 2 is 2.27 bits per heavy atom. The maximum Gasteiger partial charge on any atom is 0.182 e. The summed E-state index contributed by atoms with van der Waals surface area (Å²) in [4.78, 5) is 6.41. The van der Waals surface area contributed by atoms with Crippen LogP contribution in [0.3, 0.4) is 0 Å². The molecule has 2 aliphatic heterocycles. The number of pyridine rings is 1. The summed E-state index contributed by atoms with van der Waals surface area (Å²) in [7, 11) is 0. The van der Waals surface area contributed by atoms with Crippen LogP contribution in [0.4, 0.5) is 4.39 Å². The minimum absolute atomic E-state index is 0.241. The smallest absolute Gasteiger partial charge is 0.182 e. The molecule has 22 heavy (non-hydrogen) atoms. The molecule has 2 saturated heterocycles. The fourth-order valence-corrected chi connectivity index (χ4v) is 3.45. The van der Waals surface area contributed by atoms with Gasteiger partial charge in [-0.1, -0.05) is 11.6 Å². The van der Waals surface area contributed by atoms with E-state index in [1.54, 1.807) is 6.07 Å². The predicted octanol–water partition coefficient (Wildman–Crippen LogP) is 2.15. The molecule has 0 amide bonds. The van der Waals surface area contributed by atoms with E-state index in [9.17, 15) is 4.39 Å². The molecular formula is C15H18ClFN4O. The van der Waals surface area contributed by atoms with Crippen LogP contribution in [0.5, 0.6) is 0 Å². The van der Waals surface area contributed by atoms with Gasteiger partial charge in [0.05, 0.1) is 13.2 Å². The number of nitrogens with zero attached hydrogens (tertiary/aromatic N) is 4. The molecule has 0 aliphatic carbocycles. The standard InChI is InChI=1S/C15H18ClFN4O/c16-13-2-1-12-7-21(19-14(12)18-13)6-11-3-4-20(5-11)8-15(17)9-22-10-15/h1-2,7,11H,3-6,8-10H2/t11-/m0/s1. The Labute approximate surface area is 133 Å². The van der Waals surface area contributed by atoms with E-state index in [2.05, 4.69) is 15.0 Å². The van der Waals surface area contributed by atoms with Crippen molar-refractivity contribution in [2.45, 2.75) is 18.6 Å². The number of aromatic nitrogens is 3. The second-order valence-electron chi connectivity index (χ2n) is 6.43. The first kappa shape index (κ1) is 14.4. The van der Waals surface area contributed by atoms with Gasteiger partial charge in [-0.2, -0.15) is 5.10 Å². The Morgan fingerprint density at radius 3 is 3.05 bits per heavy atom. The number of rotatable bonds is 4. The van der Waals surface area contributed by atoms with Crippen molar-refractivity contribution >= 4 is 22.6 Å². The highest BCUT2D eigenvalue weighted by molar-refractivity contribution is 6.29. The highest BCUT2D eigenvalue weighted by Crippen LogP contribution is 2.27. The van der Waals surface area contributed by atoms with Gasteiger partial charge in [0, 0.05) is 31.2 Å². The molecule has 0 unspecified atom stereocenters. The summed E-state index contributed by atoms with van der Waals surface area (Å²) in [6.45, 7) is 3.66. The van der Waals surface area contributed by atoms with Gasteiger partial charge >= 0.3 is 0 Å². The minimum atomic E-state index is -1.13. The third kappa shape index (κ3) is 2.83. The maximum atomic E-state index is 14.1. The first-order valence-corrected chi connectivity index (χ1v) is 7.96. The summed E-state index contributed by atoms with van der Waals surface area (Å²) in [5.74, 6) is 0.495. The minimum Gasteiger partial charge on any atom is -0.375 e. The van der Waals surface area contributed by atoms with E-state index >= 15 is 0 Å². The van der Waals surface area contributed by atoms with Crippen molar-refractivity contribution in [3.05, 3.63) is 23.5 Å². The maximum absolute atomic E-state index is 14.1. The monoisotopic (exact) mass is 324 g/mol. The lowest BCUT2D eigenvalue weighted by Crippen LogP contribution is -2.53. The average molecular weight is 325 g/mol. The normalized spacial score (nSPS) is 24.7. The zero-order valence-corrected chi connectivity index (χ0v) is 13.0. The fourth-order valence-electron chi connectivity index (χ4n) is 3.31. The Balaban J connectivity index is 1.38. The van der Waals surface area contributed by atoms with Crippen molar-refractivity contribution in [3.63, 3.8) is 0 Å². The topological polar surface area (TPSA) is 43.2 Å². The van der Waals surface area contributed by atoms with E-state index in [4.69, 9.17) is 16.3 Å². The van der Waals surface area contributed by atoms with Crippen molar-refractivity contribution in [2.24, 2.45) is 5.92 Å². The van der Waals surface area contributed by atoms with Crippen LogP contribution < -0.4 is 0 Å². The van der Waals surface area contributed by atoms with E-state index in [1.165, 1.54) is 0 Å². The van der Waals surface area contributed by atoms with Crippen LogP contribution in [-0.2, 0) is 11.3 Å². The molecule has 7 heteroatoms. The van der Waals surface area contributed by atoms with Gasteiger partial charge in [0.2, 0.25) is 0 Å². The van der Waals surface area contributed by atoms with Gasteiger partial charge in [0.15, 0.2) is 11.3 Å². The molecule has 0 N–H and O–H groups in total. The second kappa shape index (κ2) is 5.44. The molecule has 0 spiro atoms. The summed E-state index contributed by atoms with van der Waals surface area (Å²) >= 11 is 5.89. The number of hydrogen-bond acceptors (Lipinski definition) is 4. The van der Waals surface area contributed by atoms with Crippen molar-refractivity contribution in [3.8, 4) is 0 Å². The van der Waals surface area contributed by atoms with Gasteiger partial charge in [-0.15, -0.1) is 0 Å². The molecule has 1 atom stereocenters. The average Bonchev–Trinajstić information content (AvgIpc) is 3.03. The lowest BCUT2D eigenvalue weighted by Gasteiger charge is -2.36. The molecule has 2 aliphatic rings. The van der Waals surface area contributed by atoms with E-state index in [0.717, 1.165) is 31.4 Å². The van der Waals surface area contributed by atoms with Crippen LogP contribution in [0, 0.1) is 5.92 Å². The van der Waals surface area contributed by atoms with Gasteiger partial charge in [-0.3, -0.25) is 9.58 Å². The first-order valence-electron chi connectivity index (χ1n) is 7.58. The van der Waals surface area contributed by atoms with Gasteiger partial charge in [0.1, 0.15) is 5.15 Å². The molecule has 2 aromatic rings. The highest BCUT2D eigenvalue weighted by atomic mass is 35.5. The summed E-state index contributed by atoms with van der Waals surface area (Å²) in [6.07, 6.45) is 3.07. The summed E-state index contributed by atoms with van der Waals surface area (Å²) in [5.41, 5.74) is -0.452. The van der Waals surface area contributed by atoms with Gasteiger partial charge in [-0.05, 0) is 31.0 Å². The van der Waals surface area contributed by atoms with Crippen LogP contribution >= 0.6 is 11.6 Å².